The number of ether oxygens (including phenoxy) is 1. The molecule has 2 aliphatic heterocycles. The predicted molar refractivity (Wildman–Crippen MR) is 97.4 cm³/mol. The lowest BCUT2D eigenvalue weighted by atomic mass is 9.73. The number of aliphatic hydroxyl groups excluding tert-OH is 1. The van der Waals surface area contributed by atoms with E-state index in [1.165, 1.54) is 5.56 Å². The second kappa shape index (κ2) is 5.37. The van der Waals surface area contributed by atoms with Gasteiger partial charge in [-0.25, -0.2) is 0 Å². The lowest BCUT2D eigenvalue weighted by Gasteiger charge is -2.31. The molecule has 1 aliphatic carbocycles. The van der Waals surface area contributed by atoms with Gasteiger partial charge in [0.15, 0.2) is 5.78 Å². The van der Waals surface area contributed by atoms with Crippen LogP contribution in [0, 0.1) is 32.6 Å². The second-order valence-electron chi connectivity index (χ2n) is 7.59. The molecular weight excluding hydrogens is 320 g/mol. The number of aliphatic hydroxyl groups is 1. The topological polar surface area (TPSA) is 46.5 Å². The van der Waals surface area contributed by atoms with Gasteiger partial charge < -0.3 is 9.84 Å². The molecular formula is C20H24O3S. The first-order chi connectivity index (χ1) is 11.4. The smallest absolute Gasteiger partial charge is 0.173 e. The van der Waals surface area contributed by atoms with Crippen LogP contribution in [0.15, 0.2) is 17.9 Å². The van der Waals surface area contributed by atoms with E-state index < -0.39 is 0 Å². The van der Waals surface area contributed by atoms with Gasteiger partial charge in [-0.2, -0.15) is 11.8 Å². The molecule has 128 valence electrons. The van der Waals surface area contributed by atoms with Gasteiger partial charge in [-0.1, -0.05) is 17.7 Å². The zero-order valence-corrected chi connectivity index (χ0v) is 15.5. The van der Waals surface area contributed by atoms with Crippen molar-refractivity contribution < 1.29 is 14.6 Å². The molecule has 4 atom stereocenters. The number of carbonyl (C=O) groups excluding carboxylic acids is 1. The van der Waals surface area contributed by atoms with Crippen LogP contribution >= 0.6 is 11.8 Å². The Labute approximate surface area is 147 Å². The lowest BCUT2D eigenvalue weighted by molar-refractivity contribution is -0.121. The van der Waals surface area contributed by atoms with Crippen LogP contribution in [0.1, 0.15) is 35.1 Å². The first-order valence-electron chi connectivity index (χ1n) is 8.62. The highest BCUT2D eigenvalue weighted by atomic mass is 32.2. The maximum Gasteiger partial charge on any atom is 0.173 e. The van der Waals surface area contributed by atoms with Gasteiger partial charge >= 0.3 is 0 Å². The minimum absolute atomic E-state index is 0.00494. The Morgan fingerprint density at radius 3 is 2.58 bits per heavy atom. The number of benzene rings is 1. The fraction of sp³-hybridized carbons (Fsp3) is 0.550. The van der Waals surface area contributed by atoms with E-state index in [0.717, 1.165) is 35.3 Å². The molecule has 1 aromatic rings. The number of aryl methyl sites for hydroxylation is 3. The number of rotatable bonds is 3. The van der Waals surface area contributed by atoms with Crippen molar-refractivity contribution in [2.75, 3.05) is 12.0 Å². The van der Waals surface area contributed by atoms with Gasteiger partial charge in [0.1, 0.15) is 5.76 Å². The Kier molecular flexibility index (Phi) is 3.63. The fourth-order valence-electron chi connectivity index (χ4n) is 5.28. The van der Waals surface area contributed by atoms with Crippen molar-refractivity contribution in [3.8, 4) is 0 Å². The fourth-order valence-corrected chi connectivity index (χ4v) is 6.16. The van der Waals surface area contributed by atoms with Crippen LogP contribution in [0.25, 0.3) is 5.57 Å². The number of fused-ring (bicyclic) bond motifs is 5. The van der Waals surface area contributed by atoms with Crippen LogP contribution in [0.2, 0.25) is 0 Å². The molecule has 0 radical (unpaired) electrons. The monoisotopic (exact) mass is 344 g/mol. The summed E-state index contributed by atoms with van der Waals surface area (Å²) in [4.78, 5) is 13.3. The molecule has 4 heteroatoms. The van der Waals surface area contributed by atoms with E-state index in [9.17, 15) is 9.90 Å². The Bertz CT molecular complexity index is 743. The number of hydrogen-bond acceptors (Lipinski definition) is 4. The van der Waals surface area contributed by atoms with Gasteiger partial charge in [0, 0.05) is 5.75 Å². The number of carbonyl (C=O) groups is 1. The van der Waals surface area contributed by atoms with Crippen molar-refractivity contribution in [2.24, 2.45) is 11.8 Å². The van der Waals surface area contributed by atoms with E-state index in [0.29, 0.717) is 5.57 Å². The third-order valence-electron chi connectivity index (χ3n) is 5.98. The summed E-state index contributed by atoms with van der Waals surface area (Å²) in [7, 11) is 0. The average molecular weight is 344 g/mol. The van der Waals surface area contributed by atoms with Crippen LogP contribution in [0.3, 0.4) is 0 Å². The number of ketones is 1. The van der Waals surface area contributed by atoms with Gasteiger partial charge in [-0.05, 0) is 56.6 Å². The van der Waals surface area contributed by atoms with Crippen LogP contribution in [0.5, 0.6) is 0 Å². The molecule has 2 heterocycles. The van der Waals surface area contributed by atoms with Crippen molar-refractivity contribution in [2.45, 2.75) is 45.3 Å². The largest absolute Gasteiger partial charge is 0.511 e. The summed E-state index contributed by atoms with van der Waals surface area (Å²) in [6.45, 7) is 6.12. The highest BCUT2D eigenvalue weighted by Crippen LogP contribution is 2.59. The maximum atomic E-state index is 13.3. The van der Waals surface area contributed by atoms with E-state index >= 15 is 0 Å². The molecule has 2 saturated heterocycles. The first kappa shape index (κ1) is 16.2. The summed E-state index contributed by atoms with van der Waals surface area (Å²) in [5.41, 5.74) is 4.41. The molecule has 0 unspecified atom stereocenters. The Balaban J connectivity index is 1.84. The normalized spacial score (nSPS) is 34.3. The van der Waals surface area contributed by atoms with Gasteiger partial charge in [-0.15, -0.1) is 0 Å². The van der Waals surface area contributed by atoms with Crippen molar-refractivity contribution in [1.82, 2.24) is 0 Å². The summed E-state index contributed by atoms with van der Waals surface area (Å²) in [6, 6.07) is 4.18. The molecule has 2 bridgehead atoms. The van der Waals surface area contributed by atoms with Gasteiger partial charge in [0.25, 0.3) is 0 Å². The van der Waals surface area contributed by atoms with Crippen LogP contribution < -0.4 is 0 Å². The maximum absolute atomic E-state index is 13.3. The first-order valence-corrected chi connectivity index (χ1v) is 10.0. The Morgan fingerprint density at radius 2 is 1.96 bits per heavy atom. The molecule has 0 amide bonds. The number of allylic oxidation sites excluding steroid dienone is 1. The molecule has 0 saturated carbocycles. The minimum Gasteiger partial charge on any atom is -0.511 e. The van der Waals surface area contributed by atoms with Gasteiger partial charge in [0.05, 0.1) is 29.1 Å². The van der Waals surface area contributed by atoms with Crippen molar-refractivity contribution in [3.63, 3.8) is 0 Å². The molecule has 0 aromatic heterocycles. The van der Waals surface area contributed by atoms with E-state index in [1.807, 2.05) is 13.8 Å². The van der Waals surface area contributed by atoms with E-state index in [1.54, 1.807) is 11.8 Å². The second-order valence-corrected chi connectivity index (χ2v) is 8.46. The third kappa shape index (κ3) is 1.99. The summed E-state index contributed by atoms with van der Waals surface area (Å²) in [6.07, 6.45) is 3.92. The number of hydrogen-bond donors (Lipinski definition) is 1. The van der Waals surface area contributed by atoms with Crippen LogP contribution in [-0.4, -0.2) is 34.6 Å². The van der Waals surface area contributed by atoms with Crippen molar-refractivity contribution in [3.05, 3.63) is 40.1 Å². The highest BCUT2D eigenvalue weighted by molar-refractivity contribution is 7.98. The van der Waals surface area contributed by atoms with Gasteiger partial charge in [0.2, 0.25) is 0 Å². The third-order valence-corrected chi connectivity index (χ3v) is 6.76. The lowest BCUT2D eigenvalue weighted by Crippen LogP contribution is -2.42. The summed E-state index contributed by atoms with van der Waals surface area (Å²) in [5.74, 6) is 0.826. The van der Waals surface area contributed by atoms with E-state index in [4.69, 9.17) is 4.74 Å². The molecule has 3 aliphatic rings. The predicted octanol–water partition coefficient (Wildman–Crippen LogP) is 3.99. The summed E-state index contributed by atoms with van der Waals surface area (Å²) >= 11 is 1.73. The molecule has 4 rings (SSSR count). The van der Waals surface area contributed by atoms with Crippen molar-refractivity contribution in [1.29, 1.82) is 0 Å². The van der Waals surface area contributed by atoms with Crippen LogP contribution in [0.4, 0.5) is 0 Å². The Morgan fingerprint density at radius 1 is 1.29 bits per heavy atom. The quantitative estimate of drug-likeness (QED) is 0.900. The van der Waals surface area contributed by atoms with E-state index in [2.05, 4.69) is 25.3 Å². The molecule has 24 heavy (non-hydrogen) atoms. The molecule has 1 N–H and O–H groups in total. The summed E-state index contributed by atoms with van der Waals surface area (Å²) < 4.78 is 6.24. The summed E-state index contributed by atoms with van der Waals surface area (Å²) in [5, 5.41) is 11.0. The minimum atomic E-state index is -0.381. The Hall–Kier alpha value is -1.26. The average Bonchev–Trinajstić information content (AvgIpc) is 3.12. The molecule has 0 spiro atoms. The number of thioether (sulfide) groups is 1. The highest BCUT2D eigenvalue weighted by Gasteiger charge is 2.66. The van der Waals surface area contributed by atoms with Crippen LogP contribution in [-0.2, 0) is 9.53 Å². The van der Waals surface area contributed by atoms with Crippen molar-refractivity contribution >= 4 is 23.1 Å². The standard InChI is InChI=1S/C20H24O3S/c1-10-7-11(2)14(12(3)8-10)16-18(21)15-13-5-6-20(23-13,9-24-4)17(15)19(16)22/h7-8,13,15,17,21H,5-6,9H2,1-4H3/t13-,15-,17+,20-/m0/s1. The van der Waals surface area contributed by atoms with Gasteiger partial charge in [-0.3, -0.25) is 4.79 Å². The SMILES string of the molecule is CSC[C@]12CC[C@H](O1)[C@@H]1C(O)=C(c3c(C)cc(C)cc3C)C(=O)[C@@H]12. The molecule has 1 aromatic carbocycles. The molecule has 3 nitrogen and oxygen atoms in total. The molecule has 2 fully saturated rings. The zero-order chi connectivity index (χ0) is 17.2. The van der Waals surface area contributed by atoms with E-state index in [-0.39, 0.29) is 35.1 Å². The zero-order valence-electron chi connectivity index (χ0n) is 14.7. The number of Topliss-reactive ketones (excluding diaryl/α,β-unsaturated/α-hetero) is 1.